The van der Waals surface area contributed by atoms with Crippen molar-refractivity contribution in [3.63, 3.8) is 0 Å². The van der Waals surface area contributed by atoms with Crippen LogP contribution >= 0.6 is 0 Å². The second kappa shape index (κ2) is 5.48. The summed E-state index contributed by atoms with van der Waals surface area (Å²) in [5.74, 6) is 1.75. The van der Waals surface area contributed by atoms with Crippen molar-refractivity contribution >= 4 is 0 Å². The molecule has 2 unspecified atom stereocenters. The van der Waals surface area contributed by atoms with E-state index in [-0.39, 0.29) is 0 Å². The van der Waals surface area contributed by atoms with Crippen LogP contribution in [0.25, 0.3) is 0 Å². The molecule has 0 spiro atoms. The first-order chi connectivity index (χ1) is 7.70. The lowest BCUT2D eigenvalue weighted by Gasteiger charge is -2.39. The molecule has 0 aromatic carbocycles. The summed E-state index contributed by atoms with van der Waals surface area (Å²) in [5, 5.41) is 0. The average Bonchev–Trinajstić information content (AvgIpc) is 2.56. The van der Waals surface area contributed by atoms with Crippen LogP contribution in [0.4, 0.5) is 0 Å². The summed E-state index contributed by atoms with van der Waals surface area (Å²) in [5.41, 5.74) is 5.93. The van der Waals surface area contributed by atoms with Gasteiger partial charge in [-0.2, -0.15) is 0 Å². The molecule has 0 amide bonds. The Kier molecular flexibility index (Phi) is 4.22. The minimum atomic E-state index is 0.639. The van der Waals surface area contributed by atoms with E-state index in [1.54, 1.807) is 0 Å². The first-order valence-electron chi connectivity index (χ1n) is 6.79. The molecule has 2 rings (SSSR count). The van der Waals surface area contributed by atoms with E-state index in [4.69, 9.17) is 5.73 Å². The van der Waals surface area contributed by atoms with Crippen LogP contribution in [-0.4, -0.2) is 56.1 Å². The molecule has 2 atom stereocenters. The van der Waals surface area contributed by atoms with Gasteiger partial charge >= 0.3 is 0 Å². The van der Waals surface area contributed by atoms with Crippen LogP contribution < -0.4 is 5.73 Å². The van der Waals surface area contributed by atoms with Gasteiger partial charge in [-0.1, -0.05) is 6.42 Å². The van der Waals surface area contributed by atoms with E-state index in [0.717, 1.165) is 18.4 Å². The topological polar surface area (TPSA) is 32.5 Å². The van der Waals surface area contributed by atoms with Crippen molar-refractivity contribution in [2.24, 2.45) is 17.6 Å². The van der Waals surface area contributed by atoms with Crippen molar-refractivity contribution in [2.45, 2.75) is 31.7 Å². The zero-order valence-corrected chi connectivity index (χ0v) is 10.9. The fourth-order valence-electron chi connectivity index (χ4n) is 3.27. The molecule has 2 N–H and O–H groups in total. The smallest absolute Gasteiger partial charge is 0.0243 e. The highest BCUT2D eigenvalue weighted by atomic mass is 15.2. The van der Waals surface area contributed by atoms with Gasteiger partial charge in [0.2, 0.25) is 0 Å². The van der Waals surface area contributed by atoms with Gasteiger partial charge in [0, 0.05) is 25.7 Å². The van der Waals surface area contributed by atoms with Crippen molar-refractivity contribution in [1.29, 1.82) is 0 Å². The molecule has 1 aliphatic carbocycles. The number of nitrogens with zero attached hydrogens (tertiary/aromatic N) is 2. The van der Waals surface area contributed by atoms with E-state index in [9.17, 15) is 0 Å². The Morgan fingerprint density at radius 3 is 2.56 bits per heavy atom. The summed E-state index contributed by atoms with van der Waals surface area (Å²) < 4.78 is 0. The van der Waals surface area contributed by atoms with Gasteiger partial charge in [0.05, 0.1) is 0 Å². The Morgan fingerprint density at radius 2 is 2.12 bits per heavy atom. The van der Waals surface area contributed by atoms with Crippen LogP contribution in [0.1, 0.15) is 25.7 Å². The maximum atomic E-state index is 5.93. The van der Waals surface area contributed by atoms with Crippen LogP contribution in [0.3, 0.4) is 0 Å². The van der Waals surface area contributed by atoms with Crippen LogP contribution in [0.15, 0.2) is 0 Å². The van der Waals surface area contributed by atoms with Gasteiger partial charge in [-0.3, -0.25) is 0 Å². The number of nitrogens with two attached hydrogens (primary N) is 1. The first kappa shape index (κ1) is 12.3. The van der Waals surface area contributed by atoms with Gasteiger partial charge in [0.1, 0.15) is 0 Å². The minimum Gasteiger partial charge on any atom is -0.329 e. The summed E-state index contributed by atoms with van der Waals surface area (Å²) in [7, 11) is 4.50. The van der Waals surface area contributed by atoms with Gasteiger partial charge in [0.25, 0.3) is 0 Å². The fraction of sp³-hybridized carbons (Fsp3) is 1.00. The van der Waals surface area contributed by atoms with Crippen LogP contribution in [-0.2, 0) is 0 Å². The molecular formula is C13H27N3. The zero-order chi connectivity index (χ0) is 11.5. The maximum absolute atomic E-state index is 5.93. The van der Waals surface area contributed by atoms with Crippen molar-refractivity contribution in [3.05, 3.63) is 0 Å². The predicted molar refractivity (Wildman–Crippen MR) is 68.4 cm³/mol. The molecule has 1 aliphatic heterocycles. The SMILES string of the molecule is CN1CCC(CN(C)C(CN)C2CCC2)C1. The Morgan fingerprint density at radius 1 is 1.38 bits per heavy atom. The molecule has 2 aliphatic rings. The Balaban J connectivity index is 1.78. The molecule has 0 radical (unpaired) electrons. The number of hydrogen-bond acceptors (Lipinski definition) is 3. The van der Waals surface area contributed by atoms with Gasteiger partial charge in [-0.05, 0) is 51.7 Å². The molecule has 94 valence electrons. The second-order valence-electron chi connectivity index (χ2n) is 5.85. The van der Waals surface area contributed by atoms with Gasteiger partial charge in [-0.15, -0.1) is 0 Å². The summed E-state index contributed by atoms with van der Waals surface area (Å²) >= 11 is 0. The van der Waals surface area contributed by atoms with Crippen LogP contribution in [0.5, 0.6) is 0 Å². The monoisotopic (exact) mass is 225 g/mol. The van der Waals surface area contributed by atoms with Crippen molar-refractivity contribution in [2.75, 3.05) is 40.3 Å². The molecular weight excluding hydrogens is 198 g/mol. The van der Waals surface area contributed by atoms with Crippen molar-refractivity contribution < 1.29 is 0 Å². The molecule has 0 aromatic rings. The largest absolute Gasteiger partial charge is 0.329 e. The van der Waals surface area contributed by atoms with Gasteiger partial charge in [0.15, 0.2) is 0 Å². The predicted octanol–water partition coefficient (Wildman–Crippen LogP) is 0.997. The Labute approximate surface area is 100.0 Å². The Bertz CT molecular complexity index is 215. The third-order valence-corrected chi connectivity index (χ3v) is 4.54. The number of rotatable bonds is 5. The standard InChI is InChI=1S/C13H27N3/c1-15-7-6-11(9-15)10-16(2)13(8-14)12-4-3-5-12/h11-13H,3-10,14H2,1-2H3. The van der Waals surface area contributed by atoms with Crippen molar-refractivity contribution in [1.82, 2.24) is 9.80 Å². The minimum absolute atomic E-state index is 0.639. The summed E-state index contributed by atoms with van der Waals surface area (Å²) in [6, 6.07) is 0.639. The lowest BCUT2D eigenvalue weighted by molar-refractivity contribution is 0.110. The lowest BCUT2D eigenvalue weighted by atomic mass is 9.79. The molecule has 3 nitrogen and oxygen atoms in total. The average molecular weight is 225 g/mol. The van der Waals surface area contributed by atoms with Gasteiger partial charge < -0.3 is 15.5 Å². The summed E-state index contributed by atoms with van der Waals surface area (Å²) in [6.07, 6.45) is 5.58. The summed E-state index contributed by atoms with van der Waals surface area (Å²) in [6.45, 7) is 4.62. The van der Waals surface area contributed by atoms with Crippen LogP contribution in [0.2, 0.25) is 0 Å². The third kappa shape index (κ3) is 2.76. The lowest BCUT2D eigenvalue weighted by Crippen LogP contribution is -2.47. The quantitative estimate of drug-likeness (QED) is 0.757. The van der Waals surface area contributed by atoms with E-state index in [1.165, 1.54) is 45.3 Å². The molecule has 2 fully saturated rings. The third-order valence-electron chi connectivity index (χ3n) is 4.54. The van der Waals surface area contributed by atoms with E-state index in [2.05, 4.69) is 23.9 Å². The molecule has 1 heterocycles. The molecule has 3 heteroatoms. The van der Waals surface area contributed by atoms with E-state index in [1.807, 2.05) is 0 Å². The highest BCUT2D eigenvalue weighted by molar-refractivity contribution is 4.86. The van der Waals surface area contributed by atoms with E-state index >= 15 is 0 Å². The van der Waals surface area contributed by atoms with Crippen LogP contribution in [0, 0.1) is 11.8 Å². The first-order valence-corrected chi connectivity index (χ1v) is 6.79. The van der Waals surface area contributed by atoms with Gasteiger partial charge in [-0.25, -0.2) is 0 Å². The molecule has 16 heavy (non-hydrogen) atoms. The highest BCUT2D eigenvalue weighted by Crippen LogP contribution is 2.32. The van der Waals surface area contributed by atoms with E-state index in [0.29, 0.717) is 6.04 Å². The normalized spacial score (nSPS) is 29.6. The molecule has 0 aromatic heterocycles. The number of hydrogen-bond donors (Lipinski definition) is 1. The zero-order valence-electron chi connectivity index (χ0n) is 10.9. The highest BCUT2D eigenvalue weighted by Gasteiger charge is 2.31. The molecule has 1 saturated heterocycles. The Hall–Kier alpha value is -0.120. The van der Waals surface area contributed by atoms with E-state index < -0.39 is 0 Å². The number of likely N-dealkylation sites (tertiary alicyclic amines) is 1. The van der Waals surface area contributed by atoms with Crippen molar-refractivity contribution in [3.8, 4) is 0 Å². The summed E-state index contributed by atoms with van der Waals surface area (Å²) in [4.78, 5) is 4.98. The maximum Gasteiger partial charge on any atom is 0.0243 e. The molecule has 1 saturated carbocycles. The number of likely N-dealkylation sites (N-methyl/N-ethyl adjacent to an activating group) is 1. The fourth-order valence-corrected chi connectivity index (χ4v) is 3.27. The second-order valence-corrected chi connectivity index (χ2v) is 5.85. The molecule has 0 bridgehead atoms.